The number of hydrogen-bond acceptors (Lipinski definition) is 1. The van der Waals surface area contributed by atoms with Gasteiger partial charge in [-0.05, 0) is 42.9 Å². The van der Waals surface area contributed by atoms with Crippen LogP contribution in [0.15, 0.2) is 11.6 Å². The minimum Gasteiger partial charge on any atom is -0.327 e. The minimum absolute atomic E-state index is 0.426. The second-order valence-electron chi connectivity index (χ2n) is 5.65. The zero-order valence-electron chi connectivity index (χ0n) is 9.72. The third-order valence-corrected chi connectivity index (χ3v) is 4.84. The van der Waals surface area contributed by atoms with Gasteiger partial charge in [-0.3, -0.25) is 0 Å². The molecule has 4 atom stereocenters. The van der Waals surface area contributed by atoms with Crippen LogP contribution in [0, 0.1) is 17.3 Å². The van der Waals surface area contributed by atoms with Gasteiger partial charge in [0.1, 0.15) is 0 Å². The van der Waals surface area contributed by atoms with Crippen LogP contribution in [0.1, 0.15) is 46.5 Å². The molecule has 0 heterocycles. The molecule has 1 nitrogen and oxygen atoms in total. The molecule has 0 bridgehead atoms. The van der Waals surface area contributed by atoms with Gasteiger partial charge in [-0.2, -0.15) is 0 Å². The molecule has 0 spiro atoms. The van der Waals surface area contributed by atoms with Crippen LogP contribution < -0.4 is 5.73 Å². The molecular weight excluding hydrogens is 170 g/mol. The molecule has 1 saturated carbocycles. The molecule has 0 radical (unpaired) electrons. The first-order valence-corrected chi connectivity index (χ1v) is 5.99. The fourth-order valence-corrected chi connectivity index (χ4v) is 3.26. The van der Waals surface area contributed by atoms with E-state index in [1.807, 2.05) is 0 Å². The average molecular weight is 193 g/mol. The van der Waals surface area contributed by atoms with Crippen LogP contribution in [0.2, 0.25) is 0 Å². The van der Waals surface area contributed by atoms with Crippen LogP contribution in [0.3, 0.4) is 0 Å². The smallest absolute Gasteiger partial charge is 0.00766 e. The van der Waals surface area contributed by atoms with Crippen LogP contribution in [-0.4, -0.2) is 6.04 Å². The van der Waals surface area contributed by atoms with E-state index in [-0.39, 0.29) is 0 Å². The van der Waals surface area contributed by atoms with Crippen molar-refractivity contribution in [2.75, 3.05) is 0 Å². The zero-order chi connectivity index (χ0) is 10.3. The monoisotopic (exact) mass is 193 g/mol. The summed E-state index contributed by atoms with van der Waals surface area (Å²) in [5.41, 5.74) is 8.16. The Morgan fingerprint density at radius 1 is 1.43 bits per heavy atom. The lowest BCUT2D eigenvalue weighted by Gasteiger charge is -2.48. The van der Waals surface area contributed by atoms with Crippen molar-refractivity contribution in [2.45, 2.75) is 52.5 Å². The Bertz CT molecular complexity index is 256. The lowest BCUT2D eigenvalue weighted by molar-refractivity contribution is 0.127. The fourth-order valence-electron chi connectivity index (χ4n) is 3.26. The summed E-state index contributed by atoms with van der Waals surface area (Å²) in [6.45, 7) is 7.26. The van der Waals surface area contributed by atoms with Crippen molar-refractivity contribution in [2.24, 2.45) is 23.0 Å². The summed E-state index contributed by atoms with van der Waals surface area (Å²) in [5, 5.41) is 0. The summed E-state index contributed by atoms with van der Waals surface area (Å²) >= 11 is 0. The van der Waals surface area contributed by atoms with Crippen molar-refractivity contribution in [3.05, 3.63) is 11.6 Å². The summed E-state index contributed by atoms with van der Waals surface area (Å²) < 4.78 is 0. The number of allylic oxidation sites excluding steroid dienone is 1. The Labute approximate surface area is 87.8 Å². The topological polar surface area (TPSA) is 26.0 Å². The molecule has 1 heteroatoms. The molecule has 2 aliphatic carbocycles. The maximum atomic E-state index is 6.04. The second-order valence-corrected chi connectivity index (χ2v) is 5.65. The first kappa shape index (κ1) is 10.2. The molecule has 0 saturated heterocycles. The summed E-state index contributed by atoms with van der Waals surface area (Å²) in [5.74, 6) is 1.67. The largest absolute Gasteiger partial charge is 0.327 e. The normalized spacial score (nSPS) is 48.3. The van der Waals surface area contributed by atoms with Crippen LogP contribution in [0.25, 0.3) is 0 Å². The molecule has 0 aliphatic heterocycles. The standard InChI is InChI=1S/C13H23N/c1-9-4-5-11-8-12(14)6-7-13(11,3)10(9)2/h5,9-10,12H,4,6-8,14H2,1-3H3/t9?,10?,12-,13+/m0/s1. The van der Waals surface area contributed by atoms with E-state index in [0.29, 0.717) is 11.5 Å². The van der Waals surface area contributed by atoms with Crippen molar-refractivity contribution in [3.8, 4) is 0 Å². The highest BCUT2D eigenvalue weighted by Gasteiger charge is 2.42. The zero-order valence-corrected chi connectivity index (χ0v) is 9.72. The molecule has 0 aromatic rings. The van der Waals surface area contributed by atoms with Gasteiger partial charge in [0.2, 0.25) is 0 Å². The molecule has 2 unspecified atom stereocenters. The van der Waals surface area contributed by atoms with Gasteiger partial charge in [0.05, 0.1) is 0 Å². The van der Waals surface area contributed by atoms with Gasteiger partial charge in [0, 0.05) is 6.04 Å². The number of fused-ring (bicyclic) bond motifs is 1. The fraction of sp³-hybridized carbons (Fsp3) is 0.846. The molecule has 0 aromatic heterocycles. The van der Waals surface area contributed by atoms with E-state index in [9.17, 15) is 0 Å². The van der Waals surface area contributed by atoms with Crippen molar-refractivity contribution in [3.63, 3.8) is 0 Å². The summed E-state index contributed by atoms with van der Waals surface area (Å²) in [7, 11) is 0. The molecule has 2 N–H and O–H groups in total. The molecule has 0 amide bonds. The molecular formula is C13H23N. The summed E-state index contributed by atoms with van der Waals surface area (Å²) in [4.78, 5) is 0. The Balaban J connectivity index is 2.28. The van der Waals surface area contributed by atoms with Crippen LogP contribution in [-0.2, 0) is 0 Å². The quantitative estimate of drug-likeness (QED) is 0.588. The lowest BCUT2D eigenvalue weighted by Crippen LogP contribution is -2.42. The Hall–Kier alpha value is -0.300. The van der Waals surface area contributed by atoms with Crippen molar-refractivity contribution in [1.29, 1.82) is 0 Å². The maximum Gasteiger partial charge on any atom is 0.00766 e. The SMILES string of the molecule is CC1CC=C2C[C@@H](N)CC[C@]2(C)C1C. The molecule has 2 aliphatic rings. The van der Waals surface area contributed by atoms with Gasteiger partial charge in [-0.25, -0.2) is 0 Å². The summed E-state index contributed by atoms with van der Waals surface area (Å²) in [6.07, 6.45) is 7.40. The maximum absolute atomic E-state index is 6.04. The Morgan fingerprint density at radius 2 is 2.14 bits per heavy atom. The van der Waals surface area contributed by atoms with Gasteiger partial charge in [-0.1, -0.05) is 32.4 Å². The highest BCUT2D eigenvalue weighted by atomic mass is 14.7. The van der Waals surface area contributed by atoms with E-state index in [2.05, 4.69) is 26.8 Å². The van der Waals surface area contributed by atoms with E-state index >= 15 is 0 Å². The van der Waals surface area contributed by atoms with E-state index in [4.69, 9.17) is 5.73 Å². The van der Waals surface area contributed by atoms with E-state index in [1.54, 1.807) is 5.57 Å². The second kappa shape index (κ2) is 3.37. The Kier molecular flexibility index (Phi) is 2.46. The predicted molar refractivity (Wildman–Crippen MR) is 61.0 cm³/mol. The van der Waals surface area contributed by atoms with E-state index in [0.717, 1.165) is 18.3 Å². The number of hydrogen-bond donors (Lipinski definition) is 1. The Morgan fingerprint density at radius 3 is 2.86 bits per heavy atom. The molecule has 80 valence electrons. The van der Waals surface area contributed by atoms with Gasteiger partial charge in [0.25, 0.3) is 0 Å². The lowest BCUT2D eigenvalue weighted by atomic mass is 9.57. The average Bonchev–Trinajstić information content (AvgIpc) is 2.16. The minimum atomic E-state index is 0.426. The van der Waals surface area contributed by atoms with E-state index < -0.39 is 0 Å². The van der Waals surface area contributed by atoms with Gasteiger partial charge in [0.15, 0.2) is 0 Å². The van der Waals surface area contributed by atoms with E-state index in [1.165, 1.54) is 19.3 Å². The third-order valence-electron chi connectivity index (χ3n) is 4.84. The molecule has 1 fully saturated rings. The highest BCUT2D eigenvalue weighted by Crippen LogP contribution is 2.51. The van der Waals surface area contributed by atoms with Crippen LogP contribution in [0.4, 0.5) is 0 Å². The van der Waals surface area contributed by atoms with Crippen molar-refractivity contribution >= 4 is 0 Å². The number of rotatable bonds is 0. The number of nitrogens with two attached hydrogens (primary N) is 1. The summed E-state index contributed by atoms with van der Waals surface area (Å²) in [6, 6.07) is 0.426. The highest BCUT2D eigenvalue weighted by molar-refractivity contribution is 5.22. The van der Waals surface area contributed by atoms with Crippen molar-refractivity contribution < 1.29 is 0 Å². The molecule has 14 heavy (non-hydrogen) atoms. The van der Waals surface area contributed by atoms with Crippen LogP contribution in [0.5, 0.6) is 0 Å². The molecule has 0 aromatic carbocycles. The first-order chi connectivity index (χ1) is 6.54. The third kappa shape index (κ3) is 1.42. The van der Waals surface area contributed by atoms with Gasteiger partial charge >= 0.3 is 0 Å². The van der Waals surface area contributed by atoms with Gasteiger partial charge < -0.3 is 5.73 Å². The predicted octanol–water partition coefficient (Wildman–Crippen LogP) is 3.11. The van der Waals surface area contributed by atoms with Crippen molar-refractivity contribution in [1.82, 2.24) is 0 Å². The van der Waals surface area contributed by atoms with Crippen LogP contribution >= 0.6 is 0 Å². The molecule has 2 rings (SSSR count). The van der Waals surface area contributed by atoms with Gasteiger partial charge in [-0.15, -0.1) is 0 Å². The first-order valence-electron chi connectivity index (χ1n) is 5.99.